The van der Waals surface area contributed by atoms with Gasteiger partial charge in [0.2, 0.25) is 0 Å². The molecule has 0 aliphatic carbocycles. The fourth-order valence-electron chi connectivity index (χ4n) is 3.00. The number of urea groups is 1. The van der Waals surface area contributed by atoms with Gasteiger partial charge in [0.25, 0.3) is 0 Å². The molecule has 2 rings (SSSR count). The number of rotatable bonds is 2. The smallest absolute Gasteiger partial charge is 0.320 e. The van der Waals surface area contributed by atoms with E-state index in [1.165, 1.54) is 0 Å². The van der Waals surface area contributed by atoms with E-state index in [1.807, 2.05) is 11.8 Å². The van der Waals surface area contributed by atoms with E-state index in [9.17, 15) is 14.7 Å². The normalized spacial score (nSPS) is 31.2. The molecule has 6 heteroatoms. The first-order chi connectivity index (χ1) is 9.48. The fourth-order valence-corrected chi connectivity index (χ4v) is 3.00. The maximum atomic E-state index is 12.6. The highest BCUT2D eigenvalue weighted by molar-refractivity contribution is 5.78. The van der Waals surface area contributed by atoms with E-state index >= 15 is 0 Å². The summed E-state index contributed by atoms with van der Waals surface area (Å²) in [6.07, 6.45) is 2.23. The quantitative estimate of drug-likeness (QED) is 0.832. The summed E-state index contributed by atoms with van der Waals surface area (Å²) >= 11 is 0. The first-order valence-corrected chi connectivity index (χ1v) is 7.34. The van der Waals surface area contributed by atoms with Crippen LogP contribution in [0.5, 0.6) is 0 Å². The van der Waals surface area contributed by atoms with E-state index in [1.54, 1.807) is 11.8 Å². The zero-order valence-electron chi connectivity index (χ0n) is 12.3. The van der Waals surface area contributed by atoms with Crippen molar-refractivity contribution in [3.63, 3.8) is 0 Å². The number of amides is 2. The molecule has 114 valence electrons. The average Bonchev–Trinajstić information content (AvgIpc) is 2.46. The van der Waals surface area contributed by atoms with Crippen molar-refractivity contribution in [2.75, 3.05) is 32.8 Å². The summed E-state index contributed by atoms with van der Waals surface area (Å²) in [5, 5.41) is 9.33. The largest absolute Gasteiger partial charge is 0.481 e. The van der Waals surface area contributed by atoms with E-state index in [0.29, 0.717) is 39.3 Å². The number of hydrogen-bond donors (Lipinski definition) is 1. The van der Waals surface area contributed by atoms with Gasteiger partial charge in [0, 0.05) is 19.6 Å². The van der Waals surface area contributed by atoms with Crippen LogP contribution in [-0.2, 0) is 9.53 Å². The van der Waals surface area contributed by atoms with Crippen molar-refractivity contribution in [2.24, 2.45) is 5.41 Å². The molecule has 1 N–H and O–H groups in total. The molecule has 0 saturated carbocycles. The van der Waals surface area contributed by atoms with E-state index in [4.69, 9.17) is 4.74 Å². The third-order valence-electron chi connectivity index (χ3n) is 4.43. The molecule has 0 aromatic heterocycles. The van der Waals surface area contributed by atoms with Crippen LogP contribution in [0, 0.1) is 5.41 Å². The second-order valence-electron chi connectivity index (χ2n) is 6.00. The zero-order chi connectivity index (χ0) is 14.8. The highest BCUT2D eigenvalue weighted by atomic mass is 16.5. The van der Waals surface area contributed by atoms with Gasteiger partial charge in [0.05, 0.1) is 24.7 Å². The number of hydrogen-bond acceptors (Lipinski definition) is 3. The van der Waals surface area contributed by atoms with Gasteiger partial charge in [-0.25, -0.2) is 4.79 Å². The van der Waals surface area contributed by atoms with Crippen molar-refractivity contribution < 1.29 is 19.4 Å². The molecule has 2 atom stereocenters. The minimum Gasteiger partial charge on any atom is -0.481 e. The topological polar surface area (TPSA) is 70.1 Å². The molecule has 2 aliphatic rings. The molecule has 2 fully saturated rings. The van der Waals surface area contributed by atoms with Gasteiger partial charge in [0.1, 0.15) is 0 Å². The number of nitrogens with zero attached hydrogens (tertiary/aromatic N) is 2. The predicted molar refractivity (Wildman–Crippen MR) is 73.5 cm³/mol. The Kier molecular flexibility index (Phi) is 4.52. The van der Waals surface area contributed by atoms with E-state index in [-0.39, 0.29) is 12.1 Å². The van der Waals surface area contributed by atoms with E-state index in [0.717, 1.165) is 12.8 Å². The lowest BCUT2D eigenvalue weighted by Gasteiger charge is -2.43. The number of piperidine rings is 1. The van der Waals surface area contributed by atoms with E-state index < -0.39 is 11.4 Å². The molecule has 0 aromatic carbocycles. The molecule has 0 bridgehead atoms. The number of likely N-dealkylation sites (tertiary alicyclic amines) is 1. The van der Waals surface area contributed by atoms with Crippen molar-refractivity contribution in [1.29, 1.82) is 0 Å². The number of ether oxygens (including phenoxy) is 1. The molecule has 2 saturated heterocycles. The SMILES string of the molecule is CCC1COCCN1C(=O)N1CCCC(C)(C(=O)O)C1. The predicted octanol–water partition coefficient (Wildman–Crippen LogP) is 1.40. The lowest BCUT2D eigenvalue weighted by molar-refractivity contribution is -0.150. The molecule has 2 heterocycles. The van der Waals surface area contributed by atoms with Crippen LogP contribution in [0.2, 0.25) is 0 Å². The summed E-state index contributed by atoms with van der Waals surface area (Å²) in [6.45, 7) is 6.45. The summed E-state index contributed by atoms with van der Waals surface area (Å²) in [6, 6.07) is 0.0709. The van der Waals surface area contributed by atoms with Crippen LogP contribution in [0.15, 0.2) is 0 Å². The summed E-state index contributed by atoms with van der Waals surface area (Å²) in [4.78, 5) is 27.6. The van der Waals surface area contributed by atoms with Gasteiger partial charge in [-0.2, -0.15) is 0 Å². The van der Waals surface area contributed by atoms with Crippen LogP contribution in [0.25, 0.3) is 0 Å². The van der Waals surface area contributed by atoms with Gasteiger partial charge in [-0.15, -0.1) is 0 Å². The Labute approximate surface area is 119 Å². The Bertz CT molecular complexity index is 387. The number of carboxylic acids is 1. The number of carbonyl (C=O) groups is 2. The first kappa shape index (κ1) is 15.1. The van der Waals surface area contributed by atoms with Gasteiger partial charge in [0.15, 0.2) is 0 Å². The van der Waals surface area contributed by atoms with Crippen molar-refractivity contribution in [3.8, 4) is 0 Å². The Morgan fingerprint density at radius 3 is 2.80 bits per heavy atom. The van der Waals surface area contributed by atoms with Crippen molar-refractivity contribution in [3.05, 3.63) is 0 Å². The molecule has 2 aliphatic heterocycles. The van der Waals surface area contributed by atoms with Gasteiger partial charge in [-0.1, -0.05) is 6.92 Å². The number of morpholine rings is 1. The van der Waals surface area contributed by atoms with Crippen LogP contribution < -0.4 is 0 Å². The van der Waals surface area contributed by atoms with Crippen LogP contribution in [0.1, 0.15) is 33.1 Å². The molecule has 2 amide bonds. The summed E-state index contributed by atoms with van der Waals surface area (Å²) in [5.74, 6) is -0.816. The van der Waals surface area contributed by atoms with E-state index in [2.05, 4.69) is 0 Å². The maximum Gasteiger partial charge on any atom is 0.320 e. The highest BCUT2D eigenvalue weighted by Gasteiger charge is 2.41. The third-order valence-corrected chi connectivity index (χ3v) is 4.43. The summed E-state index contributed by atoms with van der Waals surface area (Å²) in [7, 11) is 0. The fraction of sp³-hybridized carbons (Fsp3) is 0.857. The van der Waals surface area contributed by atoms with Crippen molar-refractivity contribution in [2.45, 2.75) is 39.2 Å². The second-order valence-corrected chi connectivity index (χ2v) is 6.00. The molecule has 0 radical (unpaired) electrons. The Balaban J connectivity index is 2.06. The zero-order valence-corrected chi connectivity index (χ0v) is 12.3. The average molecular weight is 284 g/mol. The van der Waals surface area contributed by atoms with Crippen LogP contribution in [0.3, 0.4) is 0 Å². The Morgan fingerprint density at radius 1 is 1.40 bits per heavy atom. The minimum atomic E-state index is -0.818. The van der Waals surface area contributed by atoms with Crippen molar-refractivity contribution in [1.82, 2.24) is 9.80 Å². The Hall–Kier alpha value is -1.30. The van der Waals surface area contributed by atoms with Gasteiger partial charge >= 0.3 is 12.0 Å². The molecule has 2 unspecified atom stereocenters. The molecule has 6 nitrogen and oxygen atoms in total. The second kappa shape index (κ2) is 5.99. The molecule has 0 aromatic rings. The summed E-state index contributed by atoms with van der Waals surface area (Å²) < 4.78 is 5.41. The number of carbonyl (C=O) groups excluding carboxylic acids is 1. The molecular weight excluding hydrogens is 260 g/mol. The molecule has 20 heavy (non-hydrogen) atoms. The third kappa shape index (κ3) is 2.90. The van der Waals surface area contributed by atoms with Crippen LogP contribution in [-0.4, -0.2) is 65.8 Å². The van der Waals surface area contributed by atoms with Gasteiger partial charge < -0.3 is 19.6 Å². The molecular formula is C14H24N2O4. The number of aliphatic carboxylic acids is 1. The van der Waals surface area contributed by atoms with Gasteiger partial charge in [-0.05, 0) is 26.2 Å². The maximum absolute atomic E-state index is 12.6. The van der Waals surface area contributed by atoms with Gasteiger partial charge in [-0.3, -0.25) is 4.79 Å². The lowest BCUT2D eigenvalue weighted by Crippen LogP contribution is -2.57. The number of carboxylic acid groups (broad SMARTS) is 1. The highest BCUT2D eigenvalue weighted by Crippen LogP contribution is 2.30. The monoisotopic (exact) mass is 284 g/mol. The standard InChI is InChI=1S/C14H24N2O4/c1-3-11-9-20-8-7-16(11)13(19)15-6-4-5-14(2,10-15)12(17)18/h11H,3-10H2,1-2H3,(H,17,18). The van der Waals surface area contributed by atoms with Crippen molar-refractivity contribution >= 4 is 12.0 Å². The summed E-state index contributed by atoms with van der Waals surface area (Å²) in [5.41, 5.74) is -0.818. The Morgan fingerprint density at radius 2 is 2.15 bits per heavy atom. The van der Waals surface area contributed by atoms with Crippen LogP contribution in [0.4, 0.5) is 4.79 Å². The van der Waals surface area contributed by atoms with Crippen LogP contribution >= 0.6 is 0 Å². The molecule has 0 spiro atoms. The lowest BCUT2D eigenvalue weighted by atomic mass is 9.82. The minimum absolute atomic E-state index is 0.0349. The first-order valence-electron chi connectivity index (χ1n) is 7.34.